The number of halogens is 1. The van der Waals surface area contributed by atoms with Gasteiger partial charge >= 0.3 is 0 Å². The van der Waals surface area contributed by atoms with Crippen molar-refractivity contribution in [2.45, 2.75) is 13.8 Å². The molecule has 34 heavy (non-hydrogen) atoms. The summed E-state index contributed by atoms with van der Waals surface area (Å²) in [6.45, 7) is 4.05. The van der Waals surface area contributed by atoms with Gasteiger partial charge in [0.2, 0.25) is 0 Å². The van der Waals surface area contributed by atoms with Gasteiger partial charge in [-0.1, -0.05) is 12.1 Å². The van der Waals surface area contributed by atoms with Crippen LogP contribution in [0.1, 0.15) is 23.6 Å². The molecule has 1 N–H and O–H groups in total. The van der Waals surface area contributed by atoms with E-state index in [0.717, 1.165) is 22.4 Å². The van der Waals surface area contributed by atoms with E-state index in [0.29, 0.717) is 33.8 Å². The molecule has 3 aromatic carbocycles. The number of hydrogen-bond acceptors (Lipinski definition) is 5. The summed E-state index contributed by atoms with van der Waals surface area (Å²) in [5.41, 5.74) is 3.77. The third-order valence-corrected chi connectivity index (χ3v) is 5.40. The second-order valence-electron chi connectivity index (χ2n) is 7.37. The summed E-state index contributed by atoms with van der Waals surface area (Å²) >= 11 is 3.52. The first kappa shape index (κ1) is 24.9. The van der Waals surface area contributed by atoms with Crippen molar-refractivity contribution in [1.82, 2.24) is 0 Å². The number of aryl methyl sites for hydroxylation is 1. The molecule has 0 saturated carbocycles. The maximum absolute atomic E-state index is 12.4. The number of nitrogens with zero attached hydrogens (tertiary/aromatic N) is 1. The number of ether oxygens (including phenoxy) is 3. The third kappa shape index (κ3) is 6.63. The van der Waals surface area contributed by atoms with E-state index < -0.39 is 0 Å². The minimum absolute atomic E-state index is 0.183. The highest BCUT2D eigenvalue weighted by atomic mass is 79.9. The summed E-state index contributed by atoms with van der Waals surface area (Å²) in [5.74, 6) is 1.32. The molecule has 3 aromatic rings. The van der Waals surface area contributed by atoms with Crippen LogP contribution in [0.2, 0.25) is 0 Å². The van der Waals surface area contributed by atoms with Crippen molar-refractivity contribution >= 4 is 39.2 Å². The molecule has 0 unspecified atom stereocenters. The molecular formula is C27H25BrN2O4. The Bertz CT molecular complexity index is 1230. The van der Waals surface area contributed by atoms with Crippen LogP contribution in [-0.4, -0.2) is 26.2 Å². The fraction of sp³-hybridized carbons (Fsp3) is 0.185. The maximum atomic E-state index is 12.4. The van der Waals surface area contributed by atoms with Gasteiger partial charge in [-0.15, -0.1) is 0 Å². The van der Waals surface area contributed by atoms with Crippen LogP contribution in [0.4, 0.5) is 5.69 Å². The zero-order chi connectivity index (χ0) is 24.5. The van der Waals surface area contributed by atoms with Crippen molar-refractivity contribution in [3.8, 4) is 23.3 Å². The number of nitrogens with one attached hydrogen (secondary N) is 1. The minimum Gasteiger partial charge on any atom is -0.497 e. The van der Waals surface area contributed by atoms with E-state index in [1.165, 1.54) is 0 Å². The van der Waals surface area contributed by atoms with Crippen LogP contribution >= 0.6 is 15.9 Å². The summed E-state index contributed by atoms with van der Waals surface area (Å²) in [6, 6.07) is 20.7. The van der Waals surface area contributed by atoms with E-state index in [-0.39, 0.29) is 12.5 Å². The van der Waals surface area contributed by atoms with Crippen LogP contribution in [0.15, 0.2) is 65.1 Å². The Kier molecular flexibility index (Phi) is 8.72. The maximum Gasteiger partial charge on any atom is 0.262 e. The smallest absolute Gasteiger partial charge is 0.262 e. The monoisotopic (exact) mass is 520 g/mol. The van der Waals surface area contributed by atoms with Gasteiger partial charge in [-0.2, -0.15) is 5.26 Å². The second-order valence-corrected chi connectivity index (χ2v) is 8.22. The van der Waals surface area contributed by atoms with E-state index in [4.69, 9.17) is 14.2 Å². The Hall–Kier alpha value is -3.76. The molecule has 0 bridgehead atoms. The molecule has 3 rings (SSSR count). The van der Waals surface area contributed by atoms with Gasteiger partial charge in [0.15, 0.2) is 18.1 Å². The van der Waals surface area contributed by atoms with Crippen molar-refractivity contribution in [3.05, 3.63) is 81.8 Å². The molecule has 174 valence electrons. The van der Waals surface area contributed by atoms with E-state index in [2.05, 4.69) is 27.3 Å². The van der Waals surface area contributed by atoms with Gasteiger partial charge in [-0.25, -0.2) is 0 Å². The van der Waals surface area contributed by atoms with Gasteiger partial charge < -0.3 is 19.5 Å². The number of carbonyl (C=O) groups excluding carboxylic acids is 1. The normalized spacial score (nSPS) is 10.9. The zero-order valence-electron chi connectivity index (χ0n) is 19.2. The lowest BCUT2D eigenvalue weighted by Crippen LogP contribution is -2.20. The lowest BCUT2D eigenvalue weighted by molar-refractivity contribution is -0.118. The Morgan fingerprint density at radius 2 is 1.88 bits per heavy atom. The molecule has 0 spiro atoms. The van der Waals surface area contributed by atoms with E-state index in [9.17, 15) is 10.1 Å². The minimum atomic E-state index is -0.282. The molecule has 0 aromatic heterocycles. The summed E-state index contributed by atoms with van der Waals surface area (Å²) in [4.78, 5) is 12.4. The Morgan fingerprint density at radius 1 is 1.12 bits per heavy atom. The number of methoxy groups -OCH3 is 1. The first-order valence-electron chi connectivity index (χ1n) is 10.7. The van der Waals surface area contributed by atoms with Crippen LogP contribution < -0.4 is 19.5 Å². The van der Waals surface area contributed by atoms with Gasteiger partial charge in [0.25, 0.3) is 5.91 Å². The lowest BCUT2D eigenvalue weighted by atomic mass is 10.0. The first-order chi connectivity index (χ1) is 16.4. The highest BCUT2D eigenvalue weighted by Crippen LogP contribution is 2.38. The first-order valence-corrected chi connectivity index (χ1v) is 11.4. The van der Waals surface area contributed by atoms with Gasteiger partial charge in [-0.05, 0) is 101 Å². The molecular weight excluding hydrogens is 496 g/mol. The number of carbonyl (C=O) groups is 1. The van der Waals surface area contributed by atoms with Crippen LogP contribution in [-0.2, 0) is 4.79 Å². The van der Waals surface area contributed by atoms with Crippen LogP contribution in [0.5, 0.6) is 17.2 Å². The molecule has 0 aliphatic heterocycles. The second kappa shape index (κ2) is 11.9. The number of amides is 1. The molecule has 1 amide bonds. The van der Waals surface area contributed by atoms with Gasteiger partial charge in [-0.3, -0.25) is 4.79 Å². The molecule has 0 atom stereocenters. The average Bonchev–Trinajstić information content (AvgIpc) is 2.82. The van der Waals surface area contributed by atoms with E-state index in [1.54, 1.807) is 31.4 Å². The summed E-state index contributed by atoms with van der Waals surface area (Å²) in [5, 5.41) is 12.5. The Balaban J connectivity index is 1.81. The summed E-state index contributed by atoms with van der Waals surface area (Å²) in [6.07, 6.45) is 1.77. The number of rotatable bonds is 9. The highest BCUT2D eigenvalue weighted by molar-refractivity contribution is 9.10. The number of allylic oxidation sites excluding steroid dienone is 1. The molecule has 0 radical (unpaired) electrons. The molecule has 0 fully saturated rings. The van der Waals surface area contributed by atoms with E-state index in [1.807, 2.05) is 56.3 Å². The van der Waals surface area contributed by atoms with Crippen molar-refractivity contribution in [1.29, 1.82) is 5.26 Å². The van der Waals surface area contributed by atoms with Crippen molar-refractivity contribution < 1.29 is 19.0 Å². The largest absolute Gasteiger partial charge is 0.497 e. The fourth-order valence-corrected chi connectivity index (χ4v) is 3.82. The fourth-order valence-electron chi connectivity index (χ4n) is 3.25. The van der Waals surface area contributed by atoms with Crippen LogP contribution in [0.25, 0.3) is 11.6 Å². The standard InChI is InChI=1S/C27H25BrN2O4/c1-4-33-25-15-19(13-21(16-29)20-8-10-23(32-3)11-9-20)14-24(28)27(25)34-17-26(31)30-22-7-5-6-18(2)12-22/h5-15H,4,17H2,1-3H3,(H,30,31)/b21-13+. The van der Waals surface area contributed by atoms with Gasteiger partial charge in [0, 0.05) is 5.69 Å². The third-order valence-electron chi connectivity index (χ3n) is 4.81. The Morgan fingerprint density at radius 3 is 2.53 bits per heavy atom. The lowest BCUT2D eigenvalue weighted by Gasteiger charge is -2.15. The molecule has 7 heteroatoms. The number of hydrogen-bond donors (Lipinski definition) is 1. The number of benzene rings is 3. The zero-order valence-corrected chi connectivity index (χ0v) is 20.8. The molecule has 0 aliphatic carbocycles. The molecule has 0 heterocycles. The SMILES string of the molecule is CCOc1cc(/C=C(\C#N)c2ccc(OC)cc2)cc(Br)c1OCC(=O)Nc1cccc(C)c1. The van der Waals surface area contributed by atoms with Gasteiger partial charge in [0.05, 0.1) is 29.8 Å². The van der Waals surface area contributed by atoms with Crippen molar-refractivity contribution in [2.24, 2.45) is 0 Å². The number of anilines is 1. The van der Waals surface area contributed by atoms with Gasteiger partial charge in [0.1, 0.15) is 5.75 Å². The quantitative estimate of drug-likeness (QED) is 0.266. The number of nitriles is 1. The van der Waals surface area contributed by atoms with E-state index >= 15 is 0 Å². The topological polar surface area (TPSA) is 80.6 Å². The highest BCUT2D eigenvalue weighted by Gasteiger charge is 2.15. The predicted molar refractivity (Wildman–Crippen MR) is 137 cm³/mol. The molecule has 0 aliphatic rings. The van der Waals surface area contributed by atoms with Crippen molar-refractivity contribution in [3.63, 3.8) is 0 Å². The summed E-state index contributed by atoms with van der Waals surface area (Å²) < 4.78 is 17.4. The van der Waals surface area contributed by atoms with Crippen LogP contribution in [0.3, 0.4) is 0 Å². The van der Waals surface area contributed by atoms with Crippen LogP contribution in [0, 0.1) is 18.3 Å². The van der Waals surface area contributed by atoms with Crippen molar-refractivity contribution in [2.75, 3.05) is 25.6 Å². The Labute approximate surface area is 207 Å². The molecule has 0 saturated heterocycles. The molecule has 6 nitrogen and oxygen atoms in total. The summed E-state index contributed by atoms with van der Waals surface area (Å²) in [7, 11) is 1.60. The predicted octanol–water partition coefficient (Wildman–Crippen LogP) is 6.25. The average molecular weight is 521 g/mol.